The topological polar surface area (TPSA) is 38.0 Å². The second-order valence-corrected chi connectivity index (χ2v) is 6.14. The van der Waals surface area contributed by atoms with Gasteiger partial charge in [0.15, 0.2) is 0 Å². The van der Waals surface area contributed by atoms with Crippen molar-refractivity contribution in [2.24, 2.45) is 0 Å². The Bertz CT molecular complexity index is 600. The van der Waals surface area contributed by atoms with Crippen LogP contribution in [0.2, 0.25) is 0 Å². The fourth-order valence-corrected chi connectivity index (χ4v) is 2.64. The van der Waals surface area contributed by atoms with Crippen LogP contribution < -0.4 is 11.1 Å². The molecule has 20 heavy (non-hydrogen) atoms. The van der Waals surface area contributed by atoms with Gasteiger partial charge in [0.05, 0.1) is 11.4 Å². The van der Waals surface area contributed by atoms with Crippen molar-refractivity contribution in [2.45, 2.75) is 33.1 Å². The lowest BCUT2D eigenvalue weighted by Crippen LogP contribution is -2.28. The Morgan fingerprint density at radius 1 is 1.05 bits per heavy atom. The van der Waals surface area contributed by atoms with Gasteiger partial charge >= 0.3 is 0 Å². The smallest absolute Gasteiger partial charge is 0.0574 e. The molecule has 0 radical (unpaired) electrons. The number of hydrogen-bond donors (Lipinski definition) is 2. The zero-order chi connectivity index (χ0) is 14.8. The molecule has 2 nitrogen and oxygen atoms in total. The molecule has 0 heterocycles. The summed E-state index contributed by atoms with van der Waals surface area (Å²) in [5.74, 6) is 0. The van der Waals surface area contributed by atoms with Crippen molar-refractivity contribution >= 4 is 11.4 Å². The predicted molar refractivity (Wildman–Crippen MR) is 88.3 cm³/mol. The number of nitrogens with two attached hydrogens (primary N) is 1. The lowest BCUT2D eigenvalue weighted by molar-refractivity contribution is 0.553. The third-order valence-electron chi connectivity index (χ3n) is 3.79. The maximum atomic E-state index is 5.98. The van der Waals surface area contributed by atoms with E-state index in [0.717, 1.165) is 17.9 Å². The van der Waals surface area contributed by atoms with Gasteiger partial charge in [0.2, 0.25) is 0 Å². The number of para-hydroxylation sites is 2. The van der Waals surface area contributed by atoms with E-state index in [1.807, 2.05) is 24.3 Å². The highest BCUT2D eigenvalue weighted by atomic mass is 14.9. The molecule has 0 amide bonds. The lowest BCUT2D eigenvalue weighted by Gasteiger charge is -2.28. The van der Waals surface area contributed by atoms with Gasteiger partial charge in [-0.3, -0.25) is 0 Å². The third kappa shape index (κ3) is 3.13. The molecule has 0 saturated heterocycles. The van der Waals surface area contributed by atoms with Gasteiger partial charge in [-0.2, -0.15) is 0 Å². The summed E-state index contributed by atoms with van der Waals surface area (Å²) in [6, 6.07) is 14.6. The molecular weight excluding hydrogens is 244 g/mol. The van der Waals surface area contributed by atoms with Gasteiger partial charge in [0, 0.05) is 12.0 Å². The minimum absolute atomic E-state index is 0.0556. The molecule has 2 aromatic carbocycles. The van der Waals surface area contributed by atoms with E-state index >= 15 is 0 Å². The van der Waals surface area contributed by atoms with E-state index in [1.165, 1.54) is 16.7 Å². The monoisotopic (exact) mass is 268 g/mol. The van der Waals surface area contributed by atoms with Crippen LogP contribution >= 0.6 is 0 Å². The van der Waals surface area contributed by atoms with Gasteiger partial charge in [-0.15, -0.1) is 0 Å². The zero-order valence-electron chi connectivity index (χ0n) is 12.8. The lowest BCUT2D eigenvalue weighted by atomic mass is 9.81. The standard InChI is InChI=1S/C18H24N2/c1-13-9-10-15(14(2)11-13)18(3,4)12-20-17-8-6-5-7-16(17)19/h5-11,20H,12,19H2,1-4H3. The van der Waals surface area contributed by atoms with E-state index in [0.29, 0.717) is 0 Å². The van der Waals surface area contributed by atoms with Gasteiger partial charge in [-0.05, 0) is 37.1 Å². The normalized spacial score (nSPS) is 11.4. The number of nitrogens with one attached hydrogen (secondary N) is 1. The first-order valence-electron chi connectivity index (χ1n) is 7.06. The van der Waals surface area contributed by atoms with Gasteiger partial charge in [0.1, 0.15) is 0 Å². The maximum Gasteiger partial charge on any atom is 0.0574 e. The Balaban J connectivity index is 2.17. The SMILES string of the molecule is Cc1ccc(C(C)(C)CNc2ccccc2N)c(C)c1. The van der Waals surface area contributed by atoms with Crippen molar-refractivity contribution < 1.29 is 0 Å². The van der Waals surface area contributed by atoms with Crippen LogP contribution in [0.15, 0.2) is 42.5 Å². The summed E-state index contributed by atoms with van der Waals surface area (Å²) in [5, 5.41) is 3.47. The first-order valence-corrected chi connectivity index (χ1v) is 7.06. The summed E-state index contributed by atoms with van der Waals surface area (Å²) in [6.07, 6.45) is 0. The van der Waals surface area contributed by atoms with Crippen LogP contribution in [0.5, 0.6) is 0 Å². The first kappa shape index (κ1) is 14.4. The van der Waals surface area contributed by atoms with E-state index in [4.69, 9.17) is 5.73 Å². The Morgan fingerprint density at radius 2 is 1.75 bits per heavy atom. The average Bonchev–Trinajstić information content (AvgIpc) is 2.37. The van der Waals surface area contributed by atoms with E-state index in [9.17, 15) is 0 Å². The molecule has 0 aliphatic carbocycles. The number of anilines is 2. The van der Waals surface area contributed by atoms with Crippen LogP contribution in [-0.4, -0.2) is 6.54 Å². The number of hydrogen-bond acceptors (Lipinski definition) is 2. The van der Waals surface area contributed by atoms with Crippen LogP contribution in [0.25, 0.3) is 0 Å². The summed E-state index contributed by atoms with van der Waals surface area (Å²) in [5.41, 5.74) is 11.9. The van der Waals surface area contributed by atoms with Gasteiger partial charge < -0.3 is 11.1 Å². The Labute approximate surface area is 122 Å². The molecule has 0 saturated carbocycles. The molecular formula is C18H24N2. The third-order valence-corrected chi connectivity index (χ3v) is 3.79. The molecule has 0 aliphatic rings. The minimum Gasteiger partial charge on any atom is -0.397 e. The average molecular weight is 268 g/mol. The fourth-order valence-electron chi connectivity index (χ4n) is 2.64. The van der Waals surface area contributed by atoms with Crippen LogP contribution in [0, 0.1) is 13.8 Å². The molecule has 0 bridgehead atoms. The molecule has 2 rings (SSSR count). The van der Waals surface area contributed by atoms with E-state index in [1.54, 1.807) is 0 Å². The molecule has 106 valence electrons. The van der Waals surface area contributed by atoms with Crippen LogP contribution in [0.1, 0.15) is 30.5 Å². The summed E-state index contributed by atoms with van der Waals surface area (Å²) in [7, 11) is 0. The summed E-state index contributed by atoms with van der Waals surface area (Å²) >= 11 is 0. The van der Waals surface area contributed by atoms with Crippen molar-refractivity contribution in [1.29, 1.82) is 0 Å². The van der Waals surface area contributed by atoms with Crippen molar-refractivity contribution in [3.63, 3.8) is 0 Å². The molecule has 0 atom stereocenters. The summed E-state index contributed by atoms with van der Waals surface area (Å²) in [6.45, 7) is 9.69. The molecule has 2 aromatic rings. The molecule has 0 aromatic heterocycles. The molecule has 0 spiro atoms. The second-order valence-electron chi connectivity index (χ2n) is 6.14. The Morgan fingerprint density at radius 3 is 2.40 bits per heavy atom. The zero-order valence-corrected chi connectivity index (χ0v) is 12.8. The molecule has 0 aliphatic heterocycles. The molecule has 2 heteroatoms. The highest BCUT2D eigenvalue weighted by molar-refractivity contribution is 5.65. The Kier molecular flexibility index (Phi) is 4.03. The summed E-state index contributed by atoms with van der Waals surface area (Å²) < 4.78 is 0. The van der Waals surface area contributed by atoms with Crippen molar-refractivity contribution in [3.8, 4) is 0 Å². The molecule has 0 fully saturated rings. The van der Waals surface area contributed by atoms with Crippen LogP contribution in [0.3, 0.4) is 0 Å². The summed E-state index contributed by atoms with van der Waals surface area (Å²) in [4.78, 5) is 0. The molecule has 3 N–H and O–H groups in total. The van der Waals surface area contributed by atoms with E-state index in [2.05, 4.69) is 51.2 Å². The van der Waals surface area contributed by atoms with Crippen LogP contribution in [0.4, 0.5) is 11.4 Å². The van der Waals surface area contributed by atoms with Crippen molar-refractivity contribution in [1.82, 2.24) is 0 Å². The van der Waals surface area contributed by atoms with E-state index in [-0.39, 0.29) is 5.41 Å². The minimum atomic E-state index is 0.0556. The quantitative estimate of drug-likeness (QED) is 0.812. The largest absolute Gasteiger partial charge is 0.397 e. The van der Waals surface area contributed by atoms with E-state index < -0.39 is 0 Å². The number of aryl methyl sites for hydroxylation is 2. The van der Waals surface area contributed by atoms with Gasteiger partial charge in [-0.1, -0.05) is 49.7 Å². The van der Waals surface area contributed by atoms with Crippen LogP contribution in [-0.2, 0) is 5.41 Å². The highest BCUT2D eigenvalue weighted by Crippen LogP contribution is 2.28. The second kappa shape index (κ2) is 5.58. The van der Waals surface area contributed by atoms with Gasteiger partial charge in [0.25, 0.3) is 0 Å². The van der Waals surface area contributed by atoms with Gasteiger partial charge in [-0.25, -0.2) is 0 Å². The molecule has 0 unspecified atom stereocenters. The first-order chi connectivity index (χ1) is 9.40. The van der Waals surface area contributed by atoms with Crippen molar-refractivity contribution in [2.75, 3.05) is 17.6 Å². The number of benzene rings is 2. The predicted octanol–water partition coefficient (Wildman–Crippen LogP) is 4.28. The fraction of sp³-hybridized carbons (Fsp3) is 0.333. The Hall–Kier alpha value is -1.96. The number of nitrogen functional groups attached to an aromatic ring is 1. The van der Waals surface area contributed by atoms with Crippen molar-refractivity contribution in [3.05, 3.63) is 59.2 Å². The highest BCUT2D eigenvalue weighted by Gasteiger charge is 2.22. The number of rotatable bonds is 4. The maximum absolute atomic E-state index is 5.98.